The standard InChI is InChI=1S/C21H21F3O5/c1-3-5-19(14-27-20(25)26-4-2)29-18-12-10-17(11-13-18)28-16-8-6-15(7-9-16)21(22,23)24/h5-13H,3-4,14H2,1-2H3. The molecule has 156 valence electrons. The zero-order valence-electron chi connectivity index (χ0n) is 16.0. The number of allylic oxidation sites excluding steroid dienone is 1. The average Bonchev–Trinajstić information content (AvgIpc) is 2.68. The molecule has 0 aliphatic heterocycles. The number of carbonyl (C=O) groups is 1. The van der Waals surface area contributed by atoms with Gasteiger partial charge in [0.05, 0.1) is 12.2 Å². The van der Waals surface area contributed by atoms with Crippen LogP contribution in [0.1, 0.15) is 25.8 Å². The van der Waals surface area contributed by atoms with Crippen molar-refractivity contribution in [2.45, 2.75) is 26.4 Å². The summed E-state index contributed by atoms with van der Waals surface area (Å²) in [6.07, 6.45) is -2.72. The Morgan fingerprint density at radius 3 is 1.97 bits per heavy atom. The molecular formula is C21H21F3O5. The fraction of sp³-hybridized carbons (Fsp3) is 0.286. The first kappa shape index (κ1) is 22.1. The number of alkyl halides is 3. The van der Waals surface area contributed by atoms with E-state index in [-0.39, 0.29) is 19.0 Å². The Morgan fingerprint density at radius 1 is 0.897 bits per heavy atom. The average molecular weight is 410 g/mol. The molecule has 0 aliphatic rings. The molecule has 0 N–H and O–H groups in total. The lowest BCUT2D eigenvalue weighted by Crippen LogP contribution is -2.12. The van der Waals surface area contributed by atoms with Crippen LogP contribution in [-0.4, -0.2) is 19.4 Å². The molecule has 0 fully saturated rings. The number of carbonyl (C=O) groups excluding carboxylic acids is 1. The Kier molecular flexibility index (Phi) is 7.94. The monoisotopic (exact) mass is 410 g/mol. The highest BCUT2D eigenvalue weighted by Crippen LogP contribution is 2.31. The van der Waals surface area contributed by atoms with Crippen LogP contribution in [0, 0.1) is 0 Å². The third kappa shape index (κ3) is 7.40. The summed E-state index contributed by atoms with van der Waals surface area (Å²) in [5, 5.41) is 0. The minimum atomic E-state index is -4.39. The van der Waals surface area contributed by atoms with Gasteiger partial charge in [-0.25, -0.2) is 4.79 Å². The lowest BCUT2D eigenvalue weighted by molar-refractivity contribution is -0.137. The summed E-state index contributed by atoms with van der Waals surface area (Å²) in [5.74, 6) is 1.64. The molecule has 0 saturated carbocycles. The van der Waals surface area contributed by atoms with Crippen molar-refractivity contribution >= 4 is 6.16 Å². The SMILES string of the molecule is CCC=C(COC(=O)OCC)Oc1ccc(Oc2ccc(C(F)(F)F)cc2)cc1. The topological polar surface area (TPSA) is 54.0 Å². The molecule has 29 heavy (non-hydrogen) atoms. The lowest BCUT2D eigenvalue weighted by Gasteiger charge is -2.12. The van der Waals surface area contributed by atoms with Crippen molar-refractivity contribution in [1.29, 1.82) is 0 Å². The molecule has 0 saturated heterocycles. The minimum absolute atomic E-state index is 0.0729. The highest BCUT2D eigenvalue weighted by Gasteiger charge is 2.30. The third-order valence-corrected chi connectivity index (χ3v) is 3.52. The number of rotatable bonds is 8. The Morgan fingerprint density at radius 2 is 1.45 bits per heavy atom. The third-order valence-electron chi connectivity index (χ3n) is 3.52. The molecule has 0 aliphatic carbocycles. The van der Waals surface area contributed by atoms with E-state index in [1.54, 1.807) is 37.3 Å². The van der Waals surface area contributed by atoms with Gasteiger partial charge in [0.2, 0.25) is 0 Å². The van der Waals surface area contributed by atoms with Crippen LogP contribution < -0.4 is 9.47 Å². The first-order valence-electron chi connectivity index (χ1n) is 8.93. The van der Waals surface area contributed by atoms with Gasteiger partial charge in [0.25, 0.3) is 0 Å². The van der Waals surface area contributed by atoms with Gasteiger partial charge in [-0.2, -0.15) is 13.2 Å². The van der Waals surface area contributed by atoms with E-state index < -0.39 is 17.9 Å². The maximum absolute atomic E-state index is 12.6. The predicted molar refractivity (Wildman–Crippen MR) is 99.9 cm³/mol. The van der Waals surface area contributed by atoms with Crippen LogP contribution in [0.15, 0.2) is 60.4 Å². The second-order valence-electron chi connectivity index (χ2n) is 5.75. The zero-order valence-corrected chi connectivity index (χ0v) is 16.0. The van der Waals surface area contributed by atoms with Gasteiger partial charge < -0.3 is 18.9 Å². The summed E-state index contributed by atoms with van der Waals surface area (Å²) in [6, 6.07) is 10.9. The molecule has 2 aromatic carbocycles. The maximum Gasteiger partial charge on any atom is 0.508 e. The normalized spacial score (nSPS) is 11.7. The molecular weight excluding hydrogens is 389 g/mol. The number of benzene rings is 2. The second kappa shape index (κ2) is 10.4. The number of ether oxygens (including phenoxy) is 4. The van der Waals surface area contributed by atoms with Gasteiger partial charge in [-0.05, 0) is 68.0 Å². The highest BCUT2D eigenvalue weighted by atomic mass is 19.4. The molecule has 0 radical (unpaired) electrons. The van der Waals surface area contributed by atoms with Gasteiger partial charge >= 0.3 is 12.3 Å². The predicted octanol–water partition coefficient (Wildman–Crippen LogP) is 6.34. The van der Waals surface area contributed by atoms with Crippen molar-refractivity contribution in [3.8, 4) is 17.2 Å². The van der Waals surface area contributed by atoms with Gasteiger partial charge in [-0.15, -0.1) is 0 Å². The summed E-state index contributed by atoms with van der Waals surface area (Å²) in [5.41, 5.74) is -0.742. The first-order chi connectivity index (χ1) is 13.8. The van der Waals surface area contributed by atoms with Crippen molar-refractivity contribution in [2.24, 2.45) is 0 Å². The molecule has 2 aromatic rings. The fourth-order valence-electron chi connectivity index (χ4n) is 2.22. The lowest BCUT2D eigenvalue weighted by atomic mass is 10.2. The van der Waals surface area contributed by atoms with E-state index in [2.05, 4.69) is 0 Å². The van der Waals surface area contributed by atoms with Crippen molar-refractivity contribution in [3.05, 3.63) is 65.9 Å². The van der Waals surface area contributed by atoms with Gasteiger partial charge in [0, 0.05) is 0 Å². The van der Waals surface area contributed by atoms with Crippen LogP contribution in [0.2, 0.25) is 0 Å². The Balaban J connectivity index is 1.96. The molecule has 5 nitrogen and oxygen atoms in total. The van der Waals surface area contributed by atoms with E-state index in [9.17, 15) is 18.0 Å². The van der Waals surface area contributed by atoms with E-state index in [0.29, 0.717) is 23.7 Å². The Labute approximate surface area is 166 Å². The summed E-state index contributed by atoms with van der Waals surface area (Å²) >= 11 is 0. The van der Waals surface area contributed by atoms with Crippen LogP contribution >= 0.6 is 0 Å². The van der Waals surface area contributed by atoms with E-state index in [0.717, 1.165) is 12.1 Å². The van der Waals surface area contributed by atoms with Crippen molar-refractivity contribution in [1.82, 2.24) is 0 Å². The highest BCUT2D eigenvalue weighted by molar-refractivity contribution is 5.60. The molecule has 0 unspecified atom stereocenters. The minimum Gasteiger partial charge on any atom is -0.458 e. The second-order valence-corrected chi connectivity index (χ2v) is 5.75. The van der Waals surface area contributed by atoms with Crippen molar-refractivity contribution < 1.29 is 36.9 Å². The van der Waals surface area contributed by atoms with Crippen molar-refractivity contribution in [2.75, 3.05) is 13.2 Å². The fourth-order valence-corrected chi connectivity index (χ4v) is 2.22. The van der Waals surface area contributed by atoms with E-state index >= 15 is 0 Å². The van der Waals surface area contributed by atoms with Crippen LogP contribution in [-0.2, 0) is 15.7 Å². The van der Waals surface area contributed by atoms with Crippen molar-refractivity contribution in [3.63, 3.8) is 0 Å². The van der Waals surface area contributed by atoms with E-state index in [1.165, 1.54) is 12.1 Å². The van der Waals surface area contributed by atoms with Crippen LogP contribution in [0.4, 0.5) is 18.0 Å². The molecule has 0 amide bonds. The number of hydrogen-bond donors (Lipinski definition) is 0. The summed E-state index contributed by atoms with van der Waals surface area (Å²) in [4.78, 5) is 11.3. The van der Waals surface area contributed by atoms with Gasteiger partial charge in [0.15, 0.2) is 6.61 Å². The molecule has 8 heteroatoms. The molecule has 0 spiro atoms. The molecule has 0 bridgehead atoms. The van der Waals surface area contributed by atoms with Gasteiger partial charge in [-0.1, -0.05) is 6.92 Å². The number of halogens is 3. The number of hydrogen-bond acceptors (Lipinski definition) is 5. The van der Waals surface area contributed by atoms with E-state index in [1.807, 2.05) is 6.92 Å². The Bertz CT molecular complexity index is 812. The van der Waals surface area contributed by atoms with Crippen LogP contribution in [0.3, 0.4) is 0 Å². The summed E-state index contributed by atoms with van der Waals surface area (Å²) in [7, 11) is 0. The van der Waals surface area contributed by atoms with Gasteiger partial charge in [0.1, 0.15) is 23.0 Å². The zero-order chi connectivity index (χ0) is 21.3. The van der Waals surface area contributed by atoms with Gasteiger partial charge in [-0.3, -0.25) is 0 Å². The molecule has 2 rings (SSSR count). The van der Waals surface area contributed by atoms with Crippen LogP contribution in [0.25, 0.3) is 0 Å². The summed E-state index contributed by atoms with van der Waals surface area (Å²) in [6.45, 7) is 3.73. The van der Waals surface area contributed by atoms with E-state index in [4.69, 9.17) is 18.9 Å². The smallest absolute Gasteiger partial charge is 0.458 e. The first-order valence-corrected chi connectivity index (χ1v) is 8.93. The molecule has 0 aromatic heterocycles. The summed E-state index contributed by atoms with van der Waals surface area (Å²) < 4.78 is 58.6. The molecule has 0 heterocycles. The quantitative estimate of drug-likeness (QED) is 0.375. The van der Waals surface area contributed by atoms with Crippen LogP contribution in [0.5, 0.6) is 17.2 Å². The molecule has 0 atom stereocenters. The largest absolute Gasteiger partial charge is 0.508 e. The Hall–Kier alpha value is -3.16. The maximum atomic E-state index is 12.6.